The predicted molar refractivity (Wildman–Crippen MR) is 217 cm³/mol. The zero-order valence-corrected chi connectivity index (χ0v) is 28.4. The summed E-state index contributed by atoms with van der Waals surface area (Å²) in [5, 5.41) is 4.80. The Kier molecular flexibility index (Phi) is 7.52. The highest BCUT2D eigenvalue weighted by atomic mass is 15.0. The number of rotatable bonds is 7. The van der Waals surface area contributed by atoms with Crippen molar-refractivity contribution < 1.29 is 0 Å². The van der Waals surface area contributed by atoms with E-state index in [9.17, 15) is 0 Å². The normalized spacial score (nSPS) is 12.1. The first kappa shape index (κ1) is 30.4. The minimum atomic E-state index is 0.948. The van der Waals surface area contributed by atoms with E-state index in [2.05, 4.69) is 174 Å². The SMILES string of the molecule is C=C/C=C\C=C(/C)c1cccc(-n2c3cc(-c4ccc5c6ccccc6n(-c6cccc(-c7ccccc7)c6)c5c4)ccc3c3cccnc32)c1. The Morgan fingerprint density at radius 2 is 1.14 bits per heavy atom. The van der Waals surface area contributed by atoms with Crippen LogP contribution in [0.2, 0.25) is 0 Å². The molecule has 0 N–H and O–H groups in total. The molecule has 51 heavy (non-hydrogen) atoms. The van der Waals surface area contributed by atoms with E-state index in [1.165, 1.54) is 49.5 Å². The molecule has 3 heterocycles. The van der Waals surface area contributed by atoms with Gasteiger partial charge in [-0.05, 0) is 94.9 Å². The van der Waals surface area contributed by atoms with Gasteiger partial charge in [-0.25, -0.2) is 4.98 Å². The van der Waals surface area contributed by atoms with Gasteiger partial charge in [-0.15, -0.1) is 0 Å². The third-order valence-corrected chi connectivity index (χ3v) is 9.90. The zero-order valence-electron chi connectivity index (χ0n) is 28.4. The molecule has 242 valence electrons. The molecule has 0 fully saturated rings. The van der Waals surface area contributed by atoms with E-state index < -0.39 is 0 Å². The molecule has 3 aromatic heterocycles. The molecule has 0 bridgehead atoms. The molecule has 0 unspecified atom stereocenters. The summed E-state index contributed by atoms with van der Waals surface area (Å²) >= 11 is 0. The maximum atomic E-state index is 4.89. The lowest BCUT2D eigenvalue weighted by Gasteiger charge is -2.12. The molecule has 0 radical (unpaired) electrons. The number of allylic oxidation sites excluding steroid dienone is 5. The molecule has 0 aliphatic carbocycles. The summed E-state index contributed by atoms with van der Waals surface area (Å²) in [5.74, 6) is 0. The van der Waals surface area contributed by atoms with Crippen molar-refractivity contribution in [2.24, 2.45) is 0 Å². The molecule has 3 nitrogen and oxygen atoms in total. The molecule has 9 rings (SSSR count). The first-order chi connectivity index (χ1) is 25.2. The standard InChI is InChI=1S/C48H35N3/c1-3-4-6-14-33(2)35-17-11-20-40(29-35)51-47-32-38(25-27-43(47)44-22-13-28-49-48(44)51)37-24-26-42-41-21-9-10-23-45(41)50(46(42)31-37)39-19-12-18-36(30-39)34-15-7-5-8-16-34/h3-32H,1H2,2H3/b6-4-,33-14+. The van der Waals surface area contributed by atoms with Gasteiger partial charge in [0.15, 0.2) is 0 Å². The summed E-state index contributed by atoms with van der Waals surface area (Å²) in [6, 6.07) is 54.8. The lowest BCUT2D eigenvalue weighted by Crippen LogP contribution is -1.96. The number of hydrogen-bond donors (Lipinski definition) is 0. The van der Waals surface area contributed by atoms with Crippen LogP contribution in [-0.4, -0.2) is 14.1 Å². The van der Waals surface area contributed by atoms with Gasteiger partial charge >= 0.3 is 0 Å². The largest absolute Gasteiger partial charge is 0.309 e. The van der Waals surface area contributed by atoms with Crippen LogP contribution in [0.15, 0.2) is 189 Å². The van der Waals surface area contributed by atoms with Crippen LogP contribution in [0.4, 0.5) is 0 Å². The molecular formula is C48H35N3. The Bertz CT molecular complexity index is 2830. The lowest BCUT2D eigenvalue weighted by atomic mass is 10.0. The summed E-state index contributed by atoms with van der Waals surface area (Å²) in [4.78, 5) is 4.89. The van der Waals surface area contributed by atoms with Gasteiger partial charge in [0, 0.05) is 39.1 Å². The van der Waals surface area contributed by atoms with Crippen LogP contribution in [0.25, 0.3) is 82.9 Å². The fraction of sp³-hybridized carbons (Fsp3) is 0.0208. The van der Waals surface area contributed by atoms with Crippen LogP contribution in [-0.2, 0) is 0 Å². The summed E-state index contributed by atoms with van der Waals surface area (Å²) in [6.45, 7) is 5.93. The molecule has 3 heteroatoms. The topological polar surface area (TPSA) is 22.8 Å². The molecule has 0 aliphatic rings. The van der Waals surface area contributed by atoms with E-state index in [0.29, 0.717) is 0 Å². The van der Waals surface area contributed by atoms with E-state index in [1.807, 2.05) is 24.4 Å². The predicted octanol–water partition coefficient (Wildman–Crippen LogP) is 12.8. The summed E-state index contributed by atoms with van der Waals surface area (Å²) in [6.07, 6.45) is 9.77. The third-order valence-electron chi connectivity index (χ3n) is 9.90. The monoisotopic (exact) mass is 653 g/mol. The number of hydrogen-bond acceptors (Lipinski definition) is 1. The number of fused-ring (bicyclic) bond motifs is 6. The van der Waals surface area contributed by atoms with Gasteiger partial charge in [-0.2, -0.15) is 0 Å². The average Bonchev–Trinajstić information content (AvgIpc) is 3.70. The highest BCUT2D eigenvalue weighted by Gasteiger charge is 2.17. The Labute approximate surface area is 297 Å². The van der Waals surface area contributed by atoms with Crippen molar-refractivity contribution in [3.05, 3.63) is 194 Å². The van der Waals surface area contributed by atoms with Gasteiger partial charge in [0.25, 0.3) is 0 Å². The first-order valence-corrected chi connectivity index (χ1v) is 17.3. The van der Waals surface area contributed by atoms with Crippen LogP contribution in [0.5, 0.6) is 0 Å². The molecule has 0 atom stereocenters. The summed E-state index contributed by atoms with van der Waals surface area (Å²) in [7, 11) is 0. The van der Waals surface area contributed by atoms with Crippen LogP contribution in [0, 0.1) is 0 Å². The van der Waals surface area contributed by atoms with Crippen LogP contribution >= 0.6 is 0 Å². The lowest BCUT2D eigenvalue weighted by molar-refractivity contribution is 1.13. The molecule has 0 aliphatic heterocycles. The third kappa shape index (κ3) is 5.27. The number of benzene rings is 6. The maximum absolute atomic E-state index is 4.89. The minimum Gasteiger partial charge on any atom is -0.309 e. The Hall–Kier alpha value is -6.71. The van der Waals surface area contributed by atoms with Crippen molar-refractivity contribution in [3.63, 3.8) is 0 Å². The second-order valence-electron chi connectivity index (χ2n) is 13.0. The number of para-hydroxylation sites is 1. The van der Waals surface area contributed by atoms with Crippen molar-refractivity contribution in [1.82, 2.24) is 14.1 Å². The Morgan fingerprint density at radius 3 is 1.94 bits per heavy atom. The van der Waals surface area contributed by atoms with Crippen molar-refractivity contribution in [2.75, 3.05) is 0 Å². The first-order valence-electron chi connectivity index (χ1n) is 17.3. The van der Waals surface area contributed by atoms with E-state index in [4.69, 9.17) is 4.98 Å². The molecule has 6 aromatic carbocycles. The Morgan fingerprint density at radius 1 is 0.510 bits per heavy atom. The number of nitrogens with zero attached hydrogens (tertiary/aromatic N) is 3. The molecule has 0 amide bonds. The van der Waals surface area contributed by atoms with Crippen LogP contribution in [0.3, 0.4) is 0 Å². The van der Waals surface area contributed by atoms with Crippen molar-refractivity contribution in [3.8, 4) is 33.6 Å². The minimum absolute atomic E-state index is 0.948. The number of aromatic nitrogens is 3. The maximum Gasteiger partial charge on any atom is 0.145 e. The zero-order chi connectivity index (χ0) is 34.3. The average molecular weight is 654 g/mol. The second-order valence-corrected chi connectivity index (χ2v) is 13.0. The molecule has 0 saturated heterocycles. The van der Waals surface area contributed by atoms with Crippen molar-refractivity contribution in [1.29, 1.82) is 0 Å². The highest BCUT2D eigenvalue weighted by molar-refractivity contribution is 6.11. The van der Waals surface area contributed by atoms with Gasteiger partial charge in [-0.3, -0.25) is 4.57 Å². The van der Waals surface area contributed by atoms with E-state index >= 15 is 0 Å². The van der Waals surface area contributed by atoms with Crippen LogP contribution in [0.1, 0.15) is 12.5 Å². The van der Waals surface area contributed by atoms with Crippen LogP contribution < -0.4 is 0 Å². The molecule has 9 aromatic rings. The van der Waals surface area contributed by atoms with Gasteiger partial charge < -0.3 is 4.57 Å². The van der Waals surface area contributed by atoms with Crippen molar-refractivity contribution >= 4 is 49.3 Å². The highest BCUT2D eigenvalue weighted by Crippen LogP contribution is 2.38. The summed E-state index contributed by atoms with van der Waals surface area (Å²) in [5.41, 5.74) is 13.8. The quantitative estimate of drug-likeness (QED) is 0.157. The van der Waals surface area contributed by atoms with Gasteiger partial charge in [-0.1, -0.05) is 128 Å². The Balaban J connectivity index is 1.23. The fourth-order valence-electron chi connectivity index (χ4n) is 7.43. The van der Waals surface area contributed by atoms with E-state index in [0.717, 1.165) is 39.1 Å². The molecular weight excluding hydrogens is 619 g/mol. The molecule has 0 spiro atoms. The number of pyridine rings is 1. The van der Waals surface area contributed by atoms with E-state index in [1.54, 1.807) is 6.08 Å². The molecule has 0 saturated carbocycles. The van der Waals surface area contributed by atoms with Gasteiger partial charge in [0.2, 0.25) is 0 Å². The fourth-order valence-corrected chi connectivity index (χ4v) is 7.43. The smallest absolute Gasteiger partial charge is 0.145 e. The second kappa shape index (κ2) is 12.6. The van der Waals surface area contributed by atoms with E-state index in [-0.39, 0.29) is 0 Å². The van der Waals surface area contributed by atoms with Gasteiger partial charge in [0.05, 0.1) is 16.6 Å². The van der Waals surface area contributed by atoms with Crippen molar-refractivity contribution in [2.45, 2.75) is 6.92 Å². The summed E-state index contributed by atoms with van der Waals surface area (Å²) < 4.78 is 4.71. The van der Waals surface area contributed by atoms with Gasteiger partial charge in [0.1, 0.15) is 5.65 Å².